The fraction of sp³-hybridized carbons (Fsp3) is 0.556. The fourth-order valence-corrected chi connectivity index (χ4v) is 4.23. The third-order valence-electron chi connectivity index (χ3n) is 4.39. The molecule has 0 N–H and O–H groups in total. The van der Waals surface area contributed by atoms with Gasteiger partial charge in [0, 0.05) is 18.8 Å². The lowest BCUT2D eigenvalue weighted by molar-refractivity contribution is -0.144. The van der Waals surface area contributed by atoms with E-state index in [1.165, 1.54) is 7.11 Å². The number of halogens is 1. The van der Waals surface area contributed by atoms with Crippen molar-refractivity contribution < 1.29 is 17.9 Å². The number of rotatable bonds is 7. The van der Waals surface area contributed by atoms with Gasteiger partial charge in [-0.2, -0.15) is 8.42 Å². The first kappa shape index (κ1) is 20.7. The van der Waals surface area contributed by atoms with E-state index in [-0.39, 0.29) is 10.9 Å². The van der Waals surface area contributed by atoms with Crippen molar-refractivity contribution in [1.29, 1.82) is 0 Å². The number of sulfonamides is 1. The van der Waals surface area contributed by atoms with Crippen LogP contribution in [0.4, 0.5) is 0 Å². The summed E-state index contributed by atoms with van der Waals surface area (Å²) in [6, 6.07) is 6.09. The molecule has 6 nitrogen and oxygen atoms in total. The number of benzene rings is 1. The van der Waals surface area contributed by atoms with Crippen LogP contribution in [0.1, 0.15) is 37.7 Å². The summed E-state index contributed by atoms with van der Waals surface area (Å²) in [7, 11) is -2.51. The van der Waals surface area contributed by atoms with Crippen molar-refractivity contribution in [3.05, 3.63) is 29.8 Å². The zero-order valence-electron chi connectivity index (χ0n) is 15.2. The normalized spacial score (nSPS) is 18.2. The topological polar surface area (TPSA) is 76.0 Å². The van der Waals surface area contributed by atoms with E-state index in [1.54, 1.807) is 29.2 Å². The first-order valence-corrected chi connectivity index (χ1v) is 10.7. The minimum absolute atomic E-state index is 0.145. The van der Waals surface area contributed by atoms with Gasteiger partial charge in [-0.3, -0.25) is 0 Å². The number of methoxy groups -OCH3 is 1. The lowest BCUT2D eigenvalue weighted by atomic mass is 10.2. The summed E-state index contributed by atoms with van der Waals surface area (Å²) in [5.74, 6) is 0.544. The number of aryl methyl sites for hydroxylation is 1. The Labute approximate surface area is 160 Å². The predicted octanol–water partition coefficient (Wildman–Crippen LogP) is 3.13. The second kappa shape index (κ2) is 9.37. The summed E-state index contributed by atoms with van der Waals surface area (Å²) in [5, 5.41) is 0. The van der Waals surface area contributed by atoms with E-state index in [0.717, 1.165) is 18.4 Å². The number of hydrogen-bond donors (Lipinski definition) is 0. The van der Waals surface area contributed by atoms with Gasteiger partial charge in [0.1, 0.15) is 11.9 Å². The zero-order chi connectivity index (χ0) is 19.2. The van der Waals surface area contributed by atoms with Crippen LogP contribution in [-0.2, 0) is 19.6 Å². The van der Waals surface area contributed by atoms with E-state index in [9.17, 15) is 13.2 Å². The monoisotopic (exact) mass is 400 g/mol. The molecule has 1 aliphatic heterocycles. The minimum Gasteiger partial charge on any atom is -0.467 e. The molecular formula is C18H25ClN2O4S. The molecule has 0 amide bonds. The summed E-state index contributed by atoms with van der Waals surface area (Å²) in [6.45, 7) is 2.48. The maximum Gasteiger partial charge on any atom is 0.328 e. The van der Waals surface area contributed by atoms with Gasteiger partial charge in [-0.1, -0.05) is 17.7 Å². The van der Waals surface area contributed by atoms with Crippen LogP contribution in [0.15, 0.2) is 33.6 Å². The highest BCUT2D eigenvalue weighted by Gasteiger charge is 2.34. The van der Waals surface area contributed by atoms with E-state index in [0.29, 0.717) is 37.5 Å². The first-order valence-electron chi connectivity index (χ1n) is 8.70. The van der Waals surface area contributed by atoms with Crippen LogP contribution in [-0.4, -0.2) is 50.7 Å². The number of carbonyl (C=O) groups excluding carboxylic acids is 1. The van der Waals surface area contributed by atoms with Crippen molar-refractivity contribution in [2.75, 3.05) is 19.5 Å². The van der Waals surface area contributed by atoms with Crippen LogP contribution in [0.5, 0.6) is 0 Å². The van der Waals surface area contributed by atoms with Gasteiger partial charge in [0.25, 0.3) is 10.0 Å². The lowest BCUT2D eigenvalue weighted by Gasteiger charge is -2.26. The van der Waals surface area contributed by atoms with Crippen LogP contribution in [0.25, 0.3) is 0 Å². The molecule has 0 radical (unpaired) electrons. The summed E-state index contributed by atoms with van der Waals surface area (Å²) >= 11 is 5.74. The number of hydrogen-bond acceptors (Lipinski definition) is 4. The molecule has 144 valence electrons. The largest absolute Gasteiger partial charge is 0.467 e. The van der Waals surface area contributed by atoms with Crippen molar-refractivity contribution >= 4 is 33.4 Å². The quantitative estimate of drug-likeness (QED) is 0.231. The van der Waals surface area contributed by atoms with E-state index in [4.69, 9.17) is 16.3 Å². The number of nitrogens with zero attached hydrogens (tertiary/aromatic N) is 2. The van der Waals surface area contributed by atoms with Gasteiger partial charge in [0.2, 0.25) is 0 Å². The number of amidine groups is 1. The number of esters is 1. The van der Waals surface area contributed by atoms with Gasteiger partial charge >= 0.3 is 5.97 Å². The number of carbonyl (C=O) groups is 1. The van der Waals surface area contributed by atoms with Crippen LogP contribution < -0.4 is 0 Å². The predicted molar refractivity (Wildman–Crippen MR) is 102 cm³/mol. The summed E-state index contributed by atoms with van der Waals surface area (Å²) in [4.78, 5) is 14.0. The lowest BCUT2D eigenvalue weighted by Crippen LogP contribution is -2.41. The van der Waals surface area contributed by atoms with Gasteiger partial charge in [0.05, 0.1) is 12.0 Å². The van der Waals surface area contributed by atoms with E-state index in [1.807, 2.05) is 6.92 Å². The molecule has 0 aromatic heterocycles. The molecule has 0 saturated carbocycles. The second-order valence-electron chi connectivity index (χ2n) is 6.32. The fourth-order valence-electron chi connectivity index (χ4n) is 2.98. The smallest absolute Gasteiger partial charge is 0.328 e. The maximum absolute atomic E-state index is 12.7. The van der Waals surface area contributed by atoms with Gasteiger partial charge in [0.15, 0.2) is 0 Å². The highest BCUT2D eigenvalue weighted by Crippen LogP contribution is 2.23. The molecule has 1 aromatic rings. The molecular weight excluding hydrogens is 376 g/mol. The molecule has 2 rings (SSSR count). The Morgan fingerprint density at radius 1 is 1.31 bits per heavy atom. The van der Waals surface area contributed by atoms with E-state index in [2.05, 4.69) is 4.40 Å². The molecule has 1 fully saturated rings. The number of alkyl halides is 1. The van der Waals surface area contributed by atoms with Crippen LogP contribution >= 0.6 is 11.6 Å². The highest BCUT2D eigenvalue weighted by atomic mass is 35.5. The Morgan fingerprint density at radius 2 is 2.00 bits per heavy atom. The summed E-state index contributed by atoms with van der Waals surface area (Å²) < 4.78 is 34.4. The Balaban J connectivity index is 2.35. The third kappa shape index (κ3) is 5.20. The standard InChI is InChI=1S/C18H25ClN2O4S/c1-14-8-10-15(11-9-14)26(23,24)20-17(7-3-4-12-19)21-13-5-6-16(21)18(22)25-2/h8-11,16H,3-7,12-13H2,1-2H3/b20-17-/t16-/m0/s1. The van der Waals surface area contributed by atoms with Crippen LogP contribution in [0.2, 0.25) is 0 Å². The first-order chi connectivity index (χ1) is 12.4. The Kier molecular flexibility index (Phi) is 7.46. The van der Waals surface area contributed by atoms with Crippen molar-refractivity contribution in [3.63, 3.8) is 0 Å². The maximum atomic E-state index is 12.7. The van der Waals surface area contributed by atoms with Gasteiger partial charge in [-0.25, -0.2) is 4.79 Å². The minimum atomic E-state index is -3.85. The Morgan fingerprint density at radius 3 is 2.62 bits per heavy atom. The Bertz CT molecular complexity index is 747. The molecule has 8 heteroatoms. The average molecular weight is 401 g/mol. The van der Waals surface area contributed by atoms with Crippen LogP contribution in [0, 0.1) is 6.92 Å². The molecule has 0 bridgehead atoms. The Hall–Kier alpha value is -1.60. The summed E-state index contributed by atoms with van der Waals surface area (Å²) in [6.07, 6.45) is 3.33. The SMILES string of the molecule is COC(=O)[C@@H]1CCCN1/C(CCCCCl)=N\S(=O)(=O)c1ccc(C)cc1. The molecule has 0 aliphatic carbocycles. The van der Waals surface area contributed by atoms with Crippen molar-refractivity contribution in [3.8, 4) is 0 Å². The van der Waals surface area contributed by atoms with Crippen molar-refractivity contribution in [1.82, 2.24) is 4.90 Å². The molecule has 0 spiro atoms. The molecule has 1 heterocycles. The number of unbranched alkanes of at least 4 members (excludes halogenated alkanes) is 1. The van der Waals surface area contributed by atoms with Crippen LogP contribution in [0.3, 0.4) is 0 Å². The molecule has 1 aliphatic rings. The van der Waals surface area contributed by atoms with Crippen molar-refractivity contribution in [2.24, 2.45) is 4.40 Å². The molecule has 0 unspecified atom stereocenters. The number of ether oxygens (including phenoxy) is 1. The van der Waals surface area contributed by atoms with Gasteiger partial charge < -0.3 is 9.64 Å². The zero-order valence-corrected chi connectivity index (χ0v) is 16.7. The van der Waals surface area contributed by atoms with Gasteiger partial charge in [-0.15, -0.1) is 16.0 Å². The van der Waals surface area contributed by atoms with E-state index < -0.39 is 16.1 Å². The molecule has 26 heavy (non-hydrogen) atoms. The molecule has 1 aromatic carbocycles. The van der Waals surface area contributed by atoms with Gasteiger partial charge in [-0.05, 0) is 44.7 Å². The highest BCUT2D eigenvalue weighted by molar-refractivity contribution is 7.90. The average Bonchev–Trinajstić information content (AvgIpc) is 3.10. The molecule has 1 saturated heterocycles. The van der Waals surface area contributed by atoms with E-state index >= 15 is 0 Å². The third-order valence-corrected chi connectivity index (χ3v) is 5.97. The molecule has 1 atom stereocenters. The van der Waals surface area contributed by atoms with Crippen molar-refractivity contribution in [2.45, 2.75) is 50.0 Å². The number of likely N-dealkylation sites (tertiary alicyclic amines) is 1. The summed E-state index contributed by atoms with van der Waals surface area (Å²) in [5.41, 5.74) is 0.973. The second-order valence-corrected chi connectivity index (χ2v) is 8.30.